The third-order valence-electron chi connectivity index (χ3n) is 5.32. The quantitative estimate of drug-likeness (QED) is 0.798. The summed E-state index contributed by atoms with van der Waals surface area (Å²) in [5, 5.41) is 2.94. The van der Waals surface area contributed by atoms with Gasteiger partial charge in [0.1, 0.15) is 5.41 Å². The van der Waals surface area contributed by atoms with E-state index < -0.39 is 15.3 Å². The number of rotatable bonds is 5. The van der Waals surface area contributed by atoms with Crippen molar-refractivity contribution in [2.45, 2.75) is 38.3 Å². The Bertz CT molecular complexity index is 772. The number of sulfone groups is 1. The predicted octanol–water partition coefficient (Wildman–Crippen LogP) is 1.29. The van der Waals surface area contributed by atoms with Crippen LogP contribution < -0.4 is 5.32 Å². The number of benzene rings is 1. The van der Waals surface area contributed by atoms with E-state index in [4.69, 9.17) is 0 Å². The first kappa shape index (κ1) is 17.9. The molecule has 1 aliphatic heterocycles. The second-order valence-electron chi connectivity index (χ2n) is 7.16. The third kappa shape index (κ3) is 3.56. The topological polar surface area (TPSA) is 83.6 Å². The molecule has 7 heteroatoms. The van der Waals surface area contributed by atoms with Gasteiger partial charge in [-0.2, -0.15) is 0 Å². The molecule has 136 valence electrons. The highest BCUT2D eigenvalue weighted by atomic mass is 32.2. The average Bonchev–Trinajstić information content (AvgIpc) is 3.32. The monoisotopic (exact) mass is 364 g/mol. The molecule has 25 heavy (non-hydrogen) atoms. The molecule has 1 heterocycles. The van der Waals surface area contributed by atoms with Gasteiger partial charge < -0.3 is 10.2 Å². The van der Waals surface area contributed by atoms with Crippen LogP contribution in [0.1, 0.15) is 37.8 Å². The van der Waals surface area contributed by atoms with Crippen LogP contribution >= 0.6 is 0 Å². The second kappa shape index (κ2) is 6.44. The molecule has 2 aliphatic rings. The molecular weight excluding hydrogens is 340 g/mol. The Morgan fingerprint density at radius 3 is 2.40 bits per heavy atom. The molecular formula is C18H24N2O4S. The number of amides is 2. The van der Waals surface area contributed by atoms with E-state index >= 15 is 0 Å². The molecule has 0 bridgehead atoms. The summed E-state index contributed by atoms with van der Waals surface area (Å²) in [6.07, 6.45) is 1.48. The lowest BCUT2D eigenvalue weighted by Gasteiger charge is -2.28. The fraction of sp³-hybridized carbons (Fsp3) is 0.556. The molecule has 0 spiro atoms. The number of nitrogens with one attached hydrogen (secondary N) is 1. The van der Waals surface area contributed by atoms with E-state index in [0.29, 0.717) is 19.3 Å². The molecule has 1 saturated carbocycles. The second-order valence-corrected chi connectivity index (χ2v) is 9.39. The van der Waals surface area contributed by atoms with Gasteiger partial charge in [-0.05, 0) is 31.7 Å². The van der Waals surface area contributed by atoms with Crippen molar-refractivity contribution in [2.24, 2.45) is 5.41 Å². The van der Waals surface area contributed by atoms with Crippen LogP contribution in [0.4, 0.5) is 0 Å². The lowest BCUT2D eigenvalue weighted by atomic mass is 10.0. The Kier molecular flexibility index (Phi) is 4.62. The Morgan fingerprint density at radius 2 is 1.88 bits per heavy atom. The number of hydrogen-bond donors (Lipinski definition) is 1. The first-order valence-corrected chi connectivity index (χ1v) is 10.4. The molecule has 2 fully saturated rings. The number of nitrogens with zero attached hydrogens (tertiary/aromatic N) is 1. The maximum atomic E-state index is 12.9. The van der Waals surface area contributed by atoms with Crippen molar-refractivity contribution in [3.05, 3.63) is 35.9 Å². The van der Waals surface area contributed by atoms with E-state index in [0.717, 1.165) is 5.56 Å². The van der Waals surface area contributed by atoms with Gasteiger partial charge in [0.15, 0.2) is 9.84 Å². The zero-order valence-corrected chi connectivity index (χ0v) is 15.4. The van der Waals surface area contributed by atoms with E-state index in [9.17, 15) is 18.0 Å². The maximum Gasteiger partial charge on any atom is 0.238 e. The van der Waals surface area contributed by atoms with Crippen molar-refractivity contribution in [1.82, 2.24) is 10.2 Å². The van der Waals surface area contributed by atoms with Crippen LogP contribution in [0, 0.1) is 5.41 Å². The Hall–Kier alpha value is -1.89. The van der Waals surface area contributed by atoms with E-state index in [2.05, 4.69) is 5.32 Å². The largest absolute Gasteiger partial charge is 0.349 e. The highest BCUT2D eigenvalue weighted by molar-refractivity contribution is 7.91. The Labute approximate surface area is 148 Å². The van der Waals surface area contributed by atoms with Crippen LogP contribution in [0.15, 0.2) is 30.3 Å². The van der Waals surface area contributed by atoms with Crippen molar-refractivity contribution < 1.29 is 18.0 Å². The van der Waals surface area contributed by atoms with Crippen molar-refractivity contribution in [1.29, 1.82) is 0 Å². The molecule has 2 unspecified atom stereocenters. The zero-order chi connectivity index (χ0) is 18.2. The van der Waals surface area contributed by atoms with Gasteiger partial charge in [0, 0.05) is 13.1 Å². The molecule has 0 radical (unpaired) electrons. The summed E-state index contributed by atoms with van der Waals surface area (Å²) in [5.74, 6) is -0.415. The maximum absolute atomic E-state index is 12.9. The lowest BCUT2D eigenvalue weighted by molar-refractivity contribution is -0.144. The van der Waals surface area contributed by atoms with Gasteiger partial charge in [0.2, 0.25) is 11.8 Å². The third-order valence-corrected chi connectivity index (χ3v) is 7.07. The van der Waals surface area contributed by atoms with Crippen molar-refractivity contribution in [3.8, 4) is 0 Å². The summed E-state index contributed by atoms with van der Waals surface area (Å²) in [7, 11) is -1.46. The number of carbonyl (C=O) groups is 2. The summed E-state index contributed by atoms with van der Waals surface area (Å²) in [4.78, 5) is 27.1. The molecule has 1 saturated heterocycles. The summed E-state index contributed by atoms with van der Waals surface area (Å²) in [6, 6.07) is 9.08. The highest BCUT2D eigenvalue weighted by Gasteiger charge is 2.58. The van der Waals surface area contributed by atoms with E-state index in [-0.39, 0.29) is 35.4 Å². The van der Waals surface area contributed by atoms with Crippen molar-refractivity contribution >= 4 is 21.7 Å². The van der Waals surface area contributed by atoms with Crippen LogP contribution in [0.2, 0.25) is 0 Å². The van der Waals surface area contributed by atoms with Gasteiger partial charge in [-0.3, -0.25) is 9.59 Å². The van der Waals surface area contributed by atoms with E-state index in [1.54, 1.807) is 7.05 Å². The lowest BCUT2D eigenvalue weighted by Crippen LogP contribution is -2.48. The summed E-state index contributed by atoms with van der Waals surface area (Å²) in [5.41, 5.74) is -0.0428. The van der Waals surface area contributed by atoms with E-state index in [1.165, 1.54) is 4.90 Å². The first-order chi connectivity index (χ1) is 11.8. The minimum Gasteiger partial charge on any atom is -0.349 e. The van der Waals surface area contributed by atoms with E-state index in [1.807, 2.05) is 37.3 Å². The molecule has 1 aromatic carbocycles. The molecule has 1 aliphatic carbocycles. The van der Waals surface area contributed by atoms with Gasteiger partial charge >= 0.3 is 0 Å². The van der Waals surface area contributed by atoms with Crippen LogP contribution in [-0.2, 0) is 19.4 Å². The fourth-order valence-electron chi connectivity index (χ4n) is 3.41. The summed E-state index contributed by atoms with van der Waals surface area (Å²) in [6.45, 7) is 1.89. The van der Waals surface area contributed by atoms with Crippen molar-refractivity contribution in [2.75, 3.05) is 18.6 Å². The van der Waals surface area contributed by atoms with Crippen LogP contribution in [0.3, 0.4) is 0 Å². The molecule has 0 aromatic heterocycles. The Balaban J connectivity index is 1.67. The normalized spacial score (nSPS) is 24.3. The SMILES string of the molecule is CC(NC(=O)C1(C(=O)N(C)C2CCS(=O)(=O)C2)CC1)c1ccccc1. The first-order valence-electron chi connectivity index (χ1n) is 8.59. The van der Waals surface area contributed by atoms with Gasteiger partial charge in [0.25, 0.3) is 0 Å². The van der Waals surface area contributed by atoms with Crippen LogP contribution in [0.25, 0.3) is 0 Å². The van der Waals surface area contributed by atoms with Gasteiger partial charge in [-0.15, -0.1) is 0 Å². The summed E-state index contributed by atoms with van der Waals surface area (Å²) >= 11 is 0. The minimum absolute atomic E-state index is 0.00659. The Morgan fingerprint density at radius 1 is 1.24 bits per heavy atom. The zero-order valence-electron chi connectivity index (χ0n) is 14.6. The summed E-state index contributed by atoms with van der Waals surface area (Å²) < 4.78 is 23.3. The molecule has 3 rings (SSSR count). The minimum atomic E-state index is -3.07. The number of hydrogen-bond acceptors (Lipinski definition) is 4. The van der Waals surface area contributed by atoms with Gasteiger partial charge in [-0.1, -0.05) is 30.3 Å². The van der Waals surface area contributed by atoms with Gasteiger partial charge in [-0.25, -0.2) is 8.42 Å². The molecule has 2 atom stereocenters. The highest BCUT2D eigenvalue weighted by Crippen LogP contribution is 2.48. The van der Waals surface area contributed by atoms with Crippen LogP contribution in [-0.4, -0.2) is 49.7 Å². The molecule has 2 amide bonds. The molecule has 6 nitrogen and oxygen atoms in total. The fourth-order valence-corrected chi connectivity index (χ4v) is 5.18. The van der Waals surface area contributed by atoms with Crippen LogP contribution in [0.5, 0.6) is 0 Å². The molecule has 1 N–H and O–H groups in total. The standard InChI is InChI=1S/C18H24N2O4S/c1-13(14-6-4-3-5-7-14)19-16(21)18(9-10-18)17(22)20(2)15-8-11-25(23,24)12-15/h3-7,13,15H,8-12H2,1-2H3,(H,19,21). The predicted molar refractivity (Wildman–Crippen MR) is 94.5 cm³/mol. The smallest absolute Gasteiger partial charge is 0.238 e. The van der Waals surface area contributed by atoms with Crippen molar-refractivity contribution in [3.63, 3.8) is 0 Å². The average molecular weight is 364 g/mol. The van der Waals surface area contributed by atoms with Gasteiger partial charge in [0.05, 0.1) is 17.5 Å². The molecule has 1 aromatic rings. The number of carbonyl (C=O) groups excluding carboxylic acids is 2.